The van der Waals surface area contributed by atoms with Crippen molar-refractivity contribution in [3.63, 3.8) is 0 Å². The topological polar surface area (TPSA) is 71.5 Å². The predicted octanol–water partition coefficient (Wildman–Crippen LogP) is 2.15. The summed E-state index contributed by atoms with van der Waals surface area (Å²) in [6.07, 6.45) is 3.99. The molecule has 1 heterocycles. The molecular weight excluding hydrogens is 268 g/mol. The van der Waals surface area contributed by atoms with E-state index in [1.165, 1.54) is 12.8 Å². The lowest BCUT2D eigenvalue weighted by Crippen LogP contribution is -2.36. The maximum Gasteiger partial charge on any atom is 0.270 e. The Labute approximate surface area is 125 Å². The molecule has 1 aliphatic rings. The minimum atomic E-state index is -0.466. The van der Waals surface area contributed by atoms with Gasteiger partial charge in [0.2, 0.25) is 5.88 Å². The van der Waals surface area contributed by atoms with Crippen LogP contribution in [0.4, 0.5) is 0 Å². The Balaban J connectivity index is 1.87. The average Bonchev–Trinajstić information content (AvgIpc) is 2.98. The van der Waals surface area contributed by atoms with Gasteiger partial charge < -0.3 is 15.2 Å². The summed E-state index contributed by atoms with van der Waals surface area (Å²) >= 11 is 0. The van der Waals surface area contributed by atoms with Crippen LogP contribution >= 0.6 is 0 Å². The second-order valence-electron chi connectivity index (χ2n) is 5.85. The molecule has 116 valence electrons. The molecule has 0 spiro atoms. The van der Waals surface area contributed by atoms with Crippen LogP contribution in [0.5, 0.6) is 5.88 Å². The van der Waals surface area contributed by atoms with Gasteiger partial charge in [-0.3, -0.25) is 4.79 Å². The third-order valence-corrected chi connectivity index (χ3v) is 3.73. The molecule has 2 rings (SSSR count). The molecule has 1 amide bonds. The lowest BCUT2D eigenvalue weighted by Gasteiger charge is -2.18. The highest BCUT2D eigenvalue weighted by Gasteiger charge is 2.23. The number of carbonyl (C=O) groups is 1. The second-order valence-corrected chi connectivity index (χ2v) is 5.85. The van der Waals surface area contributed by atoms with Crippen LogP contribution in [-0.2, 0) is 0 Å². The Bertz CT molecular complexity index is 470. The molecule has 1 atom stereocenters. The molecule has 2 N–H and O–H groups in total. The molecule has 1 aliphatic carbocycles. The molecule has 1 fully saturated rings. The Hall–Kier alpha value is -1.62. The van der Waals surface area contributed by atoms with Gasteiger partial charge in [-0.1, -0.05) is 18.9 Å². The van der Waals surface area contributed by atoms with Crippen molar-refractivity contribution in [2.75, 3.05) is 6.54 Å². The monoisotopic (exact) mass is 292 g/mol. The minimum absolute atomic E-state index is 0.0139. The predicted molar refractivity (Wildman–Crippen MR) is 80.3 cm³/mol. The fourth-order valence-electron chi connectivity index (χ4n) is 2.65. The normalized spacial score (nSPS) is 17.0. The molecule has 1 unspecified atom stereocenters. The zero-order valence-electron chi connectivity index (χ0n) is 12.7. The van der Waals surface area contributed by atoms with Gasteiger partial charge in [0.1, 0.15) is 5.69 Å². The number of aliphatic hydroxyl groups is 1. The maximum atomic E-state index is 12.1. The molecular formula is C16H24N2O3. The number of nitrogens with zero attached hydrogens (tertiary/aromatic N) is 1. The SMILES string of the molecule is CC(C)Oc1cccc(C(=O)NCC(O)C2CCCC2)n1. The molecule has 5 heteroatoms. The summed E-state index contributed by atoms with van der Waals surface area (Å²) in [6.45, 7) is 4.10. The Morgan fingerprint density at radius 1 is 1.43 bits per heavy atom. The smallest absolute Gasteiger partial charge is 0.270 e. The number of aliphatic hydroxyl groups excluding tert-OH is 1. The number of ether oxygens (including phenoxy) is 1. The van der Waals surface area contributed by atoms with E-state index in [1.54, 1.807) is 18.2 Å². The van der Waals surface area contributed by atoms with E-state index in [0.717, 1.165) is 12.8 Å². The molecule has 0 aromatic carbocycles. The molecule has 0 radical (unpaired) electrons. The van der Waals surface area contributed by atoms with Gasteiger partial charge in [0, 0.05) is 12.6 Å². The van der Waals surface area contributed by atoms with E-state index in [4.69, 9.17) is 4.74 Å². The van der Waals surface area contributed by atoms with E-state index in [0.29, 0.717) is 17.5 Å². The van der Waals surface area contributed by atoms with Crippen molar-refractivity contribution in [3.05, 3.63) is 23.9 Å². The third-order valence-electron chi connectivity index (χ3n) is 3.73. The van der Waals surface area contributed by atoms with E-state index in [2.05, 4.69) is 10.3 Å². The minimum Gasteiger partial charge on any atom is -0.475 e. The Kier molecular flexibility index (Phi) is 5.56. The Morgan fingerprint density at radius 2 is 2.14 bits per heavy atom. The summed E-state index contributed by atoms with van der Waals surface area (Å²) < 4.78 is 5.47. The van der Waals surface area contributed by atoms with Crippen LogP contribution in [-0.4, -0.2) is 34.8 Å². The van der Waals surface area contributed by atoms with Crippen molar-refractivity contribution in [2.24, 2.45) is 5.92 Å². The maximum absolute atomic E-state index is 12.1. The van der Waals surface area contributed by atoms with Crippen LogP contribution in [0.2, 0.25) is 0 Å². The summed E-state index contributed by atoms with van der Waals surface area (Å²) in [6, 6.07) is 5.11. The average molecular weight is 292 g/mol. The lowest BCUT2D eigenvalue weighted by molar-refractivity contribution is 0.0835. The van der Waals surface area contributed by atoms with Crippen molar-refractivity contribution in [1.82, 2.24) is 10.3 Å². The molecule has 0 aliphatic heterocycles. The number of nitrogens with one attached hydrogen (secondary N) is 1. The summed E-state index contributed by atoms with van der Waals surface area (Å²) in [5, 5.41) is 12.8. The summed E-state index contributed by atoms with van der Waals surface area (Å²) in [5.41, 5.74) is 0.312. The number of pyridine rings is 1. The third kappa shape index (κ3) is 4.70. The number of hydrogen-bond donors (Lipinski definition) is 2. The van der Waals surface area contributed by atoms with E-state index in [1.807, 2.05) is 13.8 Å². The number of amides is 1. The quantitative estimate of drug-likeness (QED) is 0.842. The van der Waals surface area contributed by atoms with Crippen molar-refractivity contribution in [1.29, 1.82) is 0 Å². The highest BCUT2D eigenvalue weighted by molar-refractivity contribution is 5.92. The van der Waals surface area contributed by atoms with Gasteiger partial charge in [0.25, 0.3) is 5.91 Å². The molecule has 1 aromatic heterocycles. The first-order chi connectivity index (χ1) is 10.1. The van der Waals surface area contributed by atoms with Crippen LogP contribution in [0, 0.1) is 5.92 Å². The second kappa shape index (κ2) is 7.41. The van der Waals surface area contributed by atoms with E-state index in [9.17, 15) is 9.90 Å². The van der Waals surface area contributed by atoms with Crippen LogP contribution in [0.1, 0.15) is 50.0 Å². The van der Waals surface area contributed by atoms with E-state index < -0.39 is 6.10 Å². The number of carbonyl (C=O) groups excluding carboxylic acids is 1. The number of aromatic nitrogens is 1. The largest absolute Gasteiger partial charge is 0.475 e. The number of rotatable bonds is 6. The molecule has 1 aromatic rings. The van der Waals surface area contributed by atoms with Crippen molar-refractivity contribution >= 4 is 5.91 Å². The zero-order chi connectivity index (χ0) is 15.2. The Morgan fingerprint density at radius 3 is 2.81 bits per heavy atom. The van der Waals surface area contributed by atoms with Gasteiger partial charge in [0.05, 0.1) is 12.2 Å². The van der Waals surface area contributed by atoms with Crippen molar-refractivity contribution in [3.8, 4) is 5.88 Å². The summed E-state index contributed by atoms with van der Waals surface area (Å²) in [5.74, 6) is 0.476. The van der Waals surface area contributed by atoms with E-state index in [-0.39, 0.29) is 18.6 Å². The van der Waals surface area contributed by atoms with Crippen LogP contribution < -0.4 is 10.1 Å². The first-order valence-corrected chi connectivity index (χ1v) is 7.66. The van der Waals surface area contributed by atoms with Gasteiger partial charge in [0.15, 0.2) is 0 Å². The molecule has 0 bridgehead atoms. The molecule has 21 heavy (non-hydrogen) atoms. The standard InChI is InChI=1S/C16H24N2O3/c1-11(2)21-15-9-5-8-13(18-15)16(20)17-10-14(19)12-6-3-4-7-12/h5,8-9,11-12,14,19H,3-4,6-7,10H2,1-2H3,(H,17,20). The van der Waals surface area contributed by atoms with Crippen LogP contribution in [0.25, 0.3) is 0 Å². The molecule has 5 nitrogen and oxygen atoms in total. The fraction of sp³-hybridized carbons (Fsp3) is 0.625. The zero-order valence-corrected chi connectivity index (χ0v) is 12.7. The first-order valence-electron chi connectivity index (χ1n) is 7.66. The van der Waals surface area contributed by atoms with Crippen LogP contribution in [0.3, 0.4) is 0 Å². The summed E-state index contributed by atoms with van der Waals surface area (Å²) in [4.78, 5) is 16.2. The fourth-order valence-corrected chi connectivity index (χ4v) is 2.65. The van der Waals surface area contributed by atoms with Gasteiger partial charge >= 0.3 is 0 Å². The van der Waals surface area contributed by atoms with E-state index >= 15 is 0 Å². The summed E-state index contributed by atoms with van der Waals surface area (Å²) in [7, 11) is 0. The van der Waals surface area contributed by atoms with Gasteiger partial charge in [-0.2, -0.15) is 0 Å². The highest BCUT2D eigenvalue weighted by atomic mass is 16.5. The lowest BCUT2D eigenvalue weighted by atomic mass is 10.0. The van der Waals surface area contributed by atoms with Crippen molar-refractivity contribution < 1.29 is 14.6 Å². The van der Waals surface area contributed by atoms with Gasteiger partial charge in [-0.05, 0) is 38.7 Å². The van der Waals surface area contributed by atoms with Crippen LogP contribution in [0.15, 0.2) is 18.2 Å². The highest BCUT2D eigenvalue weighted by Crippen LogP contribution is 2.27. The molecule has 1 saturated carbocycles. The first kappa shape index (κ1) is 15.8. The van der Waals surface area contributed by atoms with Gasteiger partial charge in [-0.25, -0.2) is 4.98 Å². The number of hydrogen-bond acceptors (Lipinski definition) is 4. The van der Waals surface area contributed by atoms with Crippen molar-refractivity contribution in [2.45, 2.75) is 51.7 Å². The molecule has 0 saturated heterocycles. The van der Waals surface area contributed by atoms with Gasteiger partial charge in [-0.15, -0.1) is 0 Å².